The van der Waals surface area contributed by atoms with Gasteiger partial charge in [-0.25, -0.2) is 4.39 Å². The highest BCUT2D eigenvalue weighted by Crippen LogP contribution is 2.30. The van der Waals surface area contributed by atoms with Crippen molar-refractivity contribution in [1.29, 1.82) is 0 Å². The lowest BCUT2D eigenvalue weighted by Gasteiger charge is -2.11. The molecule has 3 rings (SSSR count). The minimum absolute atomic E-state index is 0.119. The van der Waals surface area contributed by atoms with Crippen molar-refractivity contribution in [3.05, 3.63) is 41.3 Å². The van der Waals surface area contributed by atoms with E-state index in [1.807, 2.05) is 0 Å². The topological polar surface area (TPSA) is 32.3 Å². The third-order valence-corrected chi connectivity index (χ3v) is 3.28. The van der Waals surface area contributed by atoms with Crippen molar-refractivity contribution >= 4 is 29.3 Å². The van der Waals surface area contributed by atoms with Gasteiger partial charge in [-0.05, 0) is 48.8 Å². The van der Waals surface area contributed by atoms with Crippen LogP contribution in [0.1, 0.15) is 18.4 Å². The van der Waals surface area contributed by atoms with Gasteiger partial charge in [-0.15, -0.1) is 0 Å². The van der Waals surface area contributed by atoms with Crippen LogP contribution in [0.25, 0.3) is 6.08 Å². The molecule has 0 spiro atoms. The maximum absolute atomic E-state index is 13.1. The summed E-state index contributed by atoms with van der Waals surface area (Å²) in [5.74, 6) is -0.441. The molecule has 1 saturated heterocycles. The summed E-state index contributed by atoms with van der Waals surface area (Å²) in [4.78, 5) is 13.7. The quantitative estimate of drug-likeness (QED) is 0.654. The van der Waals surface area contributed by atoms with E-state index in [-0.39, 0.29) is 17.8 Å². The van der Waals surface area contributed by atoms with Gasteiger partial charge in [0.1, 0.15) is 11.5 Å². The molecule has 1 aromatic carbocycles. The number of thiocarbonyl (C=S) groups is 1. The van der Waals surface area contributed by atoms with Crippen molar-refractivity contribution in [2.45, 2.75) is 18.9 Å². The Hall–Kier alpha value is -1.75. The number of rotatable bonds is 2. The van der Waals surface area contributed by atoms with Crippen LogP contribution < -0.4 is 5.32 Å². The lowest BCUT2D eigenvalue weighted by Crippen LogP contribution is -2.32. The van der Waals surface area contributed by atoms with Crippen molar-refractivity contribution in [3.63, 3.8) is 0 Å². The molecular formula is C13H11FN2OS. The Morgan fingerprint density at radius 1 is 1.44 bits per heavy atom. The maximum Gasteiger partial charge on any atom is 0.276 e. The summed E-state index contributed by atoms with van der Waals surface area (Å²) < 4.78 is 13.1. The number of carbonyl (C=O) groups excluding carboxylic acids is 1. The van der Waals surface area contributed by atoms with E-state index in [4.69, 9.17) is 12.2 Å². The predicted molar refractivity (Wildman–Crippen MR) is 70.0 cm³/mol. The van der Waals surface area contributed by atoms with Gasteiger partial charge in [-0.3, -0.25) is 9.69 Å². The maximum atomic E-state index is 13.1. The highest BCUT2D eigenvalue weighted by Gasteiger charge is 2.41. The molecule has 0 bridgehead atoms. The zero-order valence-electron chi connectivity index (χ0n) is 9.52. The fourth-order valence-corrected chi connectivity index (χ4v) is 2.32. The molecule has 1 N–H and O–H groups in total. The molecule has 1 amide bonds. The Kier molecular flexibility index (Phi) is 2.63. The van der Waals surface area contributed by atoms with E-state index in [1.165, 1.54) is 12.1 Å². The van der Waals surface area contributed by atoms with E-state index in [2.05, 4.69) is 5.32 Å². The highest BCUT2D eigenvalue weighted by molar-refractivity contribution is 7.80. The number of nitrogens with zero attached hydrogens (tertiary/aromatic N) is 1. The summed E-state index contributed by atoms with van der Waals surface area (Å²) in [6, 6.07) is 6.35. The molecule has 1 aliphatic carbocycles. The fraction of sp³-hybridized carbons (Fsp3) is 0.231. The van der Waals surface area contributed by atoms with Crippen LogP contribution in [0.15, 0.2) is 30.0 Å². The van der Waals surface area contributed by atoms with Crippen LogP contribution in [0.4, 0.5) is 4.39 Å². The van der Waals surface area contributed by atoms with Crippen LogP contribution in [0, 0.1) is 5.82 Å². The third-order valence-electron chi connectivity index (χ3n) is 2.98. The first-order chi connectivity index (χ1) is 8.65. The van der Waals surface area contributed by atoms with Crippen molar-refractivity contribution < 1.29 is 9.18 Å². The third kappa shape index (κ3) is 2.01. The van der Waals surface area contributed by atoms with Gasteiger partial charge >= 0.3 is 0 Å². The lowest BCUT2D eigenvalue weighted by molar-refractivity contribution is -0.122. The molecule has 3 nitrogen and oxygen atoms in total. The second kappa shape index (κ2) is 4.17. The smallest absolute Gasteiger partial charge is 0.276 e. The van der Waals surface area contributed by atoms with E-state index >= 15 is 0 Å². The van der Waals surface area contributed by atoms with Crippen LogP contribution in [0.2, 0.25) is 0 Å². The van der Waals surface area contributed by atoms with E-state index in [0.29, 0.717) is 16.4 Å². The van der Waals surface area contributed by atoms with Crippen LogP contribution in [0.5, 0.6) is 0 Å². The first kappa shape index (κ1) is 11.3. The van der Waals surface area contributed by atoms with Crippen LogP contribution in [0.3, 0.4) is 0 Å². The Balaban J connectivity index is 1.89. The van der Waals surface area contributed by atoms with Gasteiger partial charge in [-0.2, -0.15) is 0 Å². The minimum Gasteiger partial charge on any atom is -0.328 e. The van der Waals surface area contributed by atoms with Gasteiger partial charge < -0.3 is 5.32 Å². The molecule has 2 aliphatic rings. The number of hydrogen-bond donors (Lipinski definition) is 1. The van der Waals surface area contributed by atoms with Crippen LogP contribution >= 0.6 is 12.2 Å². The van der Waals surface area contributed by atoms with Gasteiger partial charge in [0.2, 0.25) is 0 Å². The van der Waals surface area contributed by atoms with Crippen molar-refractivity contribution in [1.82, 2.24) is 10.2 Å². The molecule has 18 heavy (non-hydrogen) atoms. The fourth-order valence-electron chi connectivity index (χ4n) is 1.98. The molecule has 5 heteroatoms. The number of hydrogen-bond acceptors (Lipinski definition) is 2. The van der Waals surface area contributed by atoms with Crippen molar-refractivity contribution in [2.24, 2.45) is 0 Å². The standard InChI is InChI=1S/C13H11FN2OS/c14-9-3-1-2-8(6-9)7-11-12(17)16(10-4-5-10)13(18)15-11/h1-3,6-7,10H,4-5H2,(H,15,18)/b11-7+. The molecular weight excluding hydrogens is 251 g/mol. The summed E-state index contributed by atoms with van der Waals surface area (Å²) in [5.41, 5.74) is 1.06. The van der Waals surface area contributed by atoms with E-state index < -0.39 is 0 Å². The molecule has 92 valence electrons. The molecule has 2 fully saturated rings. The number of halogens is 1. The minimum atomic E-state index is -0.323. The van der Waals surface area contributed by atoms with Crippen molar-refractivity contribution in [2.75, 3.05) is 0 Å². The summed E-state index contributed by atoms with van der Waals surface area (Å²) in [7, 11) is 0. The average Bonchev–Trinajstić information content (AvgIpc) is 3.09. The Labute approximate surface area is 109 Å². The number of amides is 1. The average molecular weight is 262 g/mol. The highest BCUT2D eigenvalue weighted by atomic mass is 32.1. The largest absolute Gasteiger partial charge is 0.328 e. The molecule has 1 aliphatic heterocycles. The number of nitrogens with one attached hydrogen (secondary N) is 1. The first-order valence-corrected chi connectivity index (χ1v) is 6.18. The van der Waals surface area contributed by atoms with Gasteiger partial charge in [0.25, 0.3) is 5.91 Å². The second-order valence-electron chi connectivity index (χ2n) is 4.45. The summed E-state index contributed by atoms with van der Waals surface area (Å²) in [5, 5.41) is 3.34. The molecule has 0 aromatic heterocycles. The molecule has 0 unspecified atom stereocenters. The molecule has 1 heterocycles. The molecule has 1 aromatic rings. The first-order valence-electron chi connectivity index (χ1n) is 5.77. The lowest BCUT2D eigenvalue weighted by atomic mass is 10.2. The zero-order valence-corrected chi connectivity index (χ0v) is 10.3. The van der Waals surface area contributed by atoms with E-state index in [1.54, 1.807) is 23.1 Å². The molecule has 1 saturated carbocycles. The van der Waals surface area contributed by atoms with Crippen molar-refractivity contribution in [3.8, 4) is 0 Å². The zero-order chi connectivity index (χ0) is 12.7. The SMILES string of the molecule is O=C1/C(=C\c2cccc(F)c2)NC(=S)N1C1CC1. The molecule has 0 atom stereocenters. The van der Waals surface area contributed by atoms with Gasteiger partial charge in [0.05, 0.1) is 0 Å². The predicted octanol–water partition coefficient (Wildman–Crippen LogP) is 2.05. The molecule has 0 radical (unpaired) electrons. The van der Waals surface area contributed by atoms with Gasteiger partial charge in [0, 0.05) is 6.04 Å². The number of carbonyl (C=O) groups is 1. The Morgan fingerprint density at radius 2 is 2.22 bits per heavy atom. The summed E-state index contributed by atoms with van der Waals surface area (Å²) >= 11 is 5.13. The monoisotopic (exact) mass is 262 g/mol. The van der Waals surface area contributed by atoms with Gasteiger partial charge in [-0.1, -0.05) is 12.1 Å². The second-order valence-corrected chi connectivity index (χ2v) is 4.84. The summed E-state index contributed by atoms with van der Waals surface area (Å²) in [6.45, 7) is 0. The van der Waals surface area contributed by atoms with E-state index in [9.17, 15) is 9.18 Å². The van der Waals surface area contributed by atoms with Gasteiger partial charge in [0.15, 0.2) is 5.11 Å². The van der Waals surface area contributed by atoms with Crippen LogP contribution in [-0.4, -0.2) is 22.0 Å². The number of benzene rings is 1. The van der Waals surface area contributed by atoms with Crippen LogP contribution in [-0.2, 0) is 4.79 Å². The Morgan fingerprint density at radius 3 is 2.89 bits per heavy atom. The normalized spacial score (nSPS) is 21.6. The van der Waals surface area contributed by atoms with E-state index in [0.717, 1.165) is 12.8 Å². The Bertz CT molecular complexity index is 566. The summed E-state index contributed by atoms with van der Waals surface area (Å²) in [6.07, 6.45) is 3.63.